The van der Waals surface area contributed by atoms with Crippen molar-refractivity contribution in [3.05, 3.63) is 34.0 Å². The number of hydrogen-bond acceptors (Lipinski definition) is 1. The fourth-order valence-electron chi connectivity index (χ4n) is 1.44. The van der Waals surface area contributed by atoms with Gasteiger partial charge in [0, 0.05) is 9.75 Å². The summed E-state index contributed by atoms with van der Waals surface area (Å²) in [6.07, 6.45) is 1.25. The summed E-state index contributed by atoms with van der Waals surface area (Å²) in [6.45, 7) is 8.61. The maximum atomic E-state index is 2.19. The first-order chi connectivity index (χ1) is 6.70. The van der Waals surface area contributed by atoms with Gasteiger partial charge in [-0.2, -0.15) is 0 Å². The molecule has 0 amide bonds. The normalized spacial score (nSPS) is 9.71. The zero-order valence-corrected chi connectivity index (χ0v) is 10.2. The third kappa shape index (κ3) is 2.36. The van der Waals surface area contributed by atoms with E-state index < -0.39 is 0 Å². The Morgan fingerprint density at radius 3 is 1.64 bits per heavy atom. The van der Waals surface area contributed by atoms with Crippen molar-refractivity contribution in [3.63, 3.8) is 0 Å². The van der Waals surface area contributed by atoms with Crippen LogP contribution >= 0.6 is 11.3 Å². The Labute approximate surface area is 90.6 Å². The lowest BCUT2D eigenvalue weighted by Gasteiger charge is -1.88. The summed E-state index contributed by atoms with van der Waals surface area (Å²) in [5, 5.41) is 2.82. The van der Waals surface area contributed by atoms with Gasteiger partial charge in [0.2, 0.25) is 0 Å². The van der Waals surface area contributed by atoms with E-state index in [9.17, 15) is 0 Å². The van der Waals surface area contributed by atoms with E-state index in [0.29, 0.717) is 0 Å². The number of fused-ring (bicyclic) bond motifs is 1. The van der Waals surface area contributed by atoms with Crippen molar-refractivity contribution in [2.45, 2.75) is 34.1 Å². The first-order valence-electron chi connectivity index (χ1n) is 5.15. The van der Waals surface area contributed by atoms with E-state index in [-0.39, 0.29) is 0 Å². The minimum absolute atomic E-state index is 1.25. The van der Waals surface area contributed by atoms with E-state index in [1.807, 2.05) is 11.3 Å². The first-order valence-corrected chi connectivity index (χ1v) is 5.97. The Bertz CT molecular complexity index is 363. The van der Waals surface area contributed by atoms with E-state index in [4.69, 9.17) is 0 Å². The van der Waals surface area contributed by atoms with Crippen LogP contribution < -0.4 is 0 Å². The molecule has 0 unspecified atom stereocenters. The molecule has 2 aromatic rings. The van der Waals surface area contributed by atoms with Gasteiger partial charge in [0.1, 0.15) is 0 Å². The van der Waals surface area contributed by atoms with Gasteiger partial charge in [0.25, 0.3) is 0 Å². The van der Waals surface area contributed by atoms with Crippen molar-refractivity contribution in [2.24, 2.45) is 0 Å². The summed E-state index contributed by atoms with van der Waals surface area (Å²) in [5.74, 6) is 0. The smallest absolute Gasteiger partial charge is 0.00956 e. The highest BCUT2D eigenvalue weighted by molar-refractivity contribution is 7.13. The van der Waals surface area contributed by atoms with Crippen LogP contribution in [-0.4, -0.2) is 0 Å². The van der Waals surface area contributed by atoms with Gasteiger partial charge in [-0.1, -0.05) is 44.5 Å². The average Bonchev–Trinajstić information content (AvgIpc) is 2.45. The topological polar surface area (TPSA) is 0 Å². The van der Waals surface area contributed by atoms with Crippen LogP contribution in [0, 0.1) is 13.8 Å². The largest absolute Gasteiger partial charge is 0.145 e. The van der Waals surface area contributed by atoms with Crippen LogP contribution in [0.15, 0.2) is 24.3 Å². The summed E-state index contributed by atoms with van der Waals surface area (Å²) >= 11 is 1.88. The van der Waals surface area contributed by atoms with Crippen molar-refractivity contribution < 1.29 is 0 Å². The van der Waals surface area contributed by atoms with Crippen LogP contribution in [0.25, 0.3) is 10.8 Å². The second kappa shape index (κ2) is 5.16. The highest BCUT2D eigenvalue weighted by Gasteiger charge is 2.01. The predicted octanol–water partition coefficient (Wildman–Crippen LogP) is 4.93. The number of hydrogen-bond donors (Lipinski definition) is 0. The lowest BCUT2D eigenvalue weighted by molar-refractivity contribution is 1.09. The molecular formula is C13H18S. The molecule has 0 nitrogen and oxygen atoms in total. The van der Waals surface area contributed by atoms with Crippen LogP contribution in [0.1, 0.15) is 30.0 Å². The molecule has 14 heavy (non-hydrogen) atoms. The maximum absolute atomic E-state index is 2.19. The number of thiophene rings is 1. The molecule has 2 rings (SSSR count). The zero-order valence-electron chi connectivity index (χ0n) is 9.42. The summed E-state index contributed by atoms with van der Waals surface area (Å²) in [5.41, 5.74) is 0. The molecule has 0 saturated carbocycles. The summed E-state index contributed by atoms with van der Waals surface area (Å²) in [7, 11) is 0. The Balaban J connectivity index is 0.000000293. The van der Waals surface area contributed by atoms with Crippen molar-refractivity contribution in [2.75, 3.05) is 0 Å². The number of aryl methyl sites for hydroxylation is 2. The monoisotopic (exact) mass is 206 g/mol. The molecule has 1 heteroatoms. The molecule has 0 atom stereocenters. The highest BCUT2D eigenvalue weighted by atomic mass is 32.1. The first kappa shape index (κ1) is 11.3. The number of benzene rings is 1. The van der Waals surface area contributed by atoms with E-state index >= 15 is 0 Å². The minimum Gasteiger partial charge on any atom is -0.145 e. The van der Waals surface area contributed by atoms with Crippen molar-refractivity contribution in [1.82, 2.24) is 0 Å². The van der Waals surface area contributed by atoms with Gasteiger partial charge in [0.05, 0.1) is 0 Å². The minimum atomic E-state index is 1.25. The van der Waals surface area contributed by atoms with E-state index in [0.717, 1.165) is 0 Å². The molecule has 0 aliphatic carbocycles. The highest BCUT2D eigenvalue weighted by Crippen LogP contribution is 2.29. The van der Waals surface area contributed by atoms with Crippen LogP contribution in [-0.2, 0) is 0 Å². The summed E-state index contributed by atoms with van der Waals surface area (Å²) in [6, 6.07) is 8.57. The Kier molecular flexibility index (Phi) is 4.15. The van der Waals surface area contributed by atoms with E-state index in [1.54, 1.807) is 0 Å². The fraction of sp³-hybridized carbons (Fsp3) is 0.385. The zero-order chi connectivity index (χ0) is 10.6. The summed E-state index contributed by atoms with van der Waals surface area (Å²) < 4.78 is 0. The van der Waals surface area contributed by atoms with Gasteiger partial charge in [-0.05, 0) is 24.6 Å². The lowest BCUT2D eigenvalue weighted by atomic mass is 10.1. The van der Waals surface area contributed by atoms with Crippen molar-refractivity contribution in [3.8, 4) is 0 Å². The van der Waals surface area contributed by atoms with Gasteiger partial charge >= 0.3 is 0 Å². The van der Waals surface area contributed by atoms with Crippen LogP contribution in [0.2, 0.25) is 0 Å². The molecule has 0 aliphatic rings. The molecule has 0 N–H and O–H groups in total. The second-order valence-electron chi connectivity index (χ2n) is 3.47. The molecule has 1 heterocycles. The number of rotatable bonds is 0. The molecule has 0 bridgehead atoms. The van der Waals surface area contributed by atoms with Gasteiger partial charge in [-0.3, -0.25) is 0 Å². The Morgan fingerprint density at radius 1 is 0.929 bits per heavy atom. The molecule has 1 aromatic heterocycles. The van der Waals surface area contributed by atoms with Gasteiger partial charge in [-0.15, -0.1) is 11.3 Å². The second-order valence-corrected chi connectivity index (χ2v) is 4.90. The Morgan fingerprint density at radius 2 is 1.29 bits per heavy atom. The molecular weight excluding hydrogens is 188 g/mol. The molecule has 0 aliphatic heterocycles. The molecule has 0 spiro atoms. The third-order valence-electron chi connectivity index (χ3n) is 1.99. The van der Waals surface area contributed by atoms with Crippen molar-refractivity contribution in [1.29, 1.82) is 0 Å². The lowest BCUT2D eigenvalue weighted by Crippen LogP contribution is -1.65. The van der Waals surface area contributed by atoms with Crippen LogP contribution in [0.5, 0.6) is 0 Å². The Hall–Kier alpha value is -0.820. The van der Waals surface area contributed by atoms with Crippen molar-refractivity contribution >= 4 is 22.1 Å². The van der Waals surface area contributed by atoms with E-state index in [2.05, 4.69) is 52.0 Å². The average molecular weight is 206 g/mol. The third-order valence-corrected chi connectivity index (χ3v) is 3.04. The SMILES string of the molecule is CCC.Cc1sc(C)c2ccccc12. The molecule has 0 fully saturated rings. The predicted molar refractivity (Wildman–Crippen MR) is 67.3 cm³/mol. The standard InChI is InChI=1S/C10H10S.C3H8/c1-7-9-5-3-4-6-10(9)8(2)11-7;1-3-2/h3-6H,1-2H3;3H2,1-2H3. The molecule has 0 radical (unpaired) electrons. The molecule has 1 aromatic carbocycles. The molecule has 0 saturated heterocycles. The van der Waals surface area contributed by atoms with Gasteiger partial charge < -0.3 is 0 Å². The molecule has 76 valence electrons. The van der Waals surface area contributed by atoms with Crippen LogP contribution in [0.4, 0.5) is 0 Å². The van der Waals surface area contributed by atoms with Gasteiger partial charge in [-0.25, -0.2) is 0 Å². The summed E-state index contributed by atoms with van der Waals surface area (Å²) in [4.78, 5) is 2.86. The maximum Gasteiger partial charge on any atom is 0.00956 e. The van der Waals surface area contributed by atoms with Crippen LogP contribution in [0.3, 0.4) is 0 Å². The van der Waals surface area contributed by atoms with Gasteiger partial charge in [0.15, 0.2) is 0 Å². The fourth-order valence-corrected chi connectivity index (χ4v) is 2.47. The van der Waals surface area contributed by atoms with E-state index in [1.165, 1.54) is 26.9 Å². The quantitative estimate of drug-likeness (QED) is 0.573.